The molecule has 0 aliphatic carbocycles. The minimum atomic E-state index is -0.463. The standard InChI is InChI=1S/C23H22N6O2/c24-21(30)17-3-1-2-16(14-17)20-15-26-22(23-25-8-9-29(20)23)27-18-4-6-19(7-5-18)28-10-12-31-13-11-28/h1-9,14-15H,10-13H2,(H2,24,30)(H,26,27). The van der Waals surface area contributed by atoms with Gasteiger partial charge < -0.3 is 20.7 Å². The Labute approximate surface area is 179 Å². The van der Waals surface area contributed by atoms with Crippen LogP contribution in [-0.2, 0) is 4.74 Å². The third-order valence-electron chi connectivity index (χ3n) is 5.38. The highest BCUT2D eigenvalue weighted by molar-refractivity contribution is 5.94. The molecule has 31 heavy (non-hydrogen) atoms. The molecule has 2 aromatic heterocycles. The Balaban J connectivity index is 1.43. The summed E-state index contributed by atoms with van der Waals surface area (Å²) in [7, 11) is 0. The summed E-state index contributed by atoms with van der Waals surface area (Å²) in [5.41, 5.74) is 10.3. The van der Waals surface area contributed by atoms with E-state index in [0.29, 0.717) is 17.0 Å². The minimum absolute atomic E-state index is 0.452. The number of anilines is 3. The monoisotopic (exact) mass is 414 g/mol. The van der Waals surface area contributed by atoms with Crippen molar-refractivity contribution in [3.8, 4) is 11.3 Å². The summed E-state index contributed by atoms with van der Waals surface area (Å²) in [6, 6.07) is 15.4. The largest absolute Gasteiger partial charge is 0.378 e. The lowest BCUT2D eigenvalue weighted by Crippen LogP contribution is -2.36. The molecule has 2 aromatic carbocycles. The fraction of sp³-hybridized carbons (Fsp3) is 0.174. The molecule has 0 spiro atoms. The summed E-state index contributed by atoms with van der Waals surface area (Å²) < 4.78 is 7.36. The summed E-state index contributed by atoms with van der Waals surface area (Å²) >= 11 is 0. The van der Waals surface area contributed by atoms with Gasteiger partial charge in [0.1, 0.15) is 0 Å². The number of ether oxygens (including phenoxy) is 1. The maximum Gasteiger partial charge on any atom is 0.248 e. The van der Waals surface area contributed by atoms with E-state index < -0.39 is 5.91 Å². The van der Waals surface area contributed by atoms with Crippen LogP contribution in [0.1, 0.15) is 10.4 Å². The van der Waals surface area contributed by atoms with Crippen LogP contribution in [0.2, 0.25) is 0 Å². The Morgan fingerprint density at radius 1 is 1.06 bits per heavy atom. The lowest BCUT2D eigenvalue weighted by molar-refractivity contribution is 0.100. The molecule has 0 saturated carbocycles. The van der Waals surface area contributed by atoms with Gasteiger partial charge in [-0.15, -0.1) is 0 Å². The number of primary amides is 1. The molecule has 1 amide bonds. The molecule has 0 unspecified atom stereocenters. The van der Waals surface area contributed by atoms with Crippen LogP contribution < -0.4 is 16.0 Å². The van der Waals surface area contributed by atoms with Crippen LogP contribution in [0.3, 0.4) is 0 Å². The summed E-state index contributed by atoms with van der Waals surface area (Å²) in [6.07, 6.45) is 5.36. The lowest BCUT2D eigenvalue weighted by atomic mass is 10.1. The van der Waals surface area contributed by atoms with Crippen molar-refractivity contribution in [1.29, 1.82) is 0 Å². The zero-order valence-electron chi connectivity index (χ0n) is 16.9. The number of nitrogens with two attached hydrogens (primary N) is 1. The first-order chi connectivity index (χ1) is 15.2. The molecule has 1 aliphatic rings. The molecule has 5 rings (SSSR count). The smallest absolute Gasteiger partial charge is 0.248 e. The Hall–Kier alpha value is -3.91. The SMILES string of the molecule is NC(=O)c1cccc(-c2cnc(Nc3ccc(N4CCOCC4)cc3)c3nccn23)c1. The maximum absolute atomic E-state index is 11.5. The van der Waals surface area contributed by atoms with Gasteiger partial charge in [0.2, 0.25) is 5.91 Å². The summed E-state index contributed by atoms with van der Waals surface area (Å²) in [6.45, 7) is 3.33. The highest BCUT2D eigenvalue weighted by Gasteiger charge is 2.13. The molecule has 3 heterocycles. The van der Waals surface area contributed by atoms with E-state index in [0.717, 1.165) is 43.2 Å². The number of benzene rings is 2. The van der Waals surface area contributed by atoms with E-state index in [1.807, 2.05) is 28.8 Å². The van der Waals surface area contributed by atoms with Crippen LogP contribution in [0.15, 0.2) is 67.1 Å². The molecule has 156 valence electrons. The van der Waals surface area contributed by atoms with E-state index in [2.05, 4.69) is 32.3 Å². The van der Waals surface area contributed by atoms with Gasteiger partial charge in [0.05, 0.1) is 25.1 Å². The third kappa shape index (κ3) is 3.80. The quantitative estimate of drug-likeness (QED) is 0.521. The van der Waals surface area contributed by atoms with Gasteiger partial charge in [-0.2, -0.15) is 0 Å². The molecule has 0 bridgehead atoms. The second-order valence-corrected chi connectivity index (χ2v) is 7.33. The molecule has 1 aliphatic heterocycles. The number of rotatable bonds is 5. The van der Waals surface area contributed by atoms with Gasteiger partial charge in [-0.05, 0) is 36.4 Å². The van der Waals surface area contributed by atoms with Gasteiger partial charge in [-0.3, -0.25) is 9.20 Å². The molecule has 1 saturated heterocycles. The number of nitrogens with one attached hydrogen (secondary N) is 1. The number of hydrogen-bond donors (Lipinski definition) is 2. The van der Waals surface area contributed by atoms with E-state index in [1.165, 1.54) is 5.69 Å². The van der Waals surface area contributed by atoms with Crippen molar-refractivity contribution in [2.45, 2.75) is 0 Å². The molecular weight excluding hydrogens is 392 g/mol. The molecule has 0 radical (unpaired) electrons. The van der Waals surface area contributed by atoms with Crippen LogP contribution >= 0.6 is 0 Å². The van der Waals surface area contributed by atoms with Crippen LogP contribution in [0, 0.1) is 0 Å². The van der Waals surface area contributed by atoms with E-state index in [4.69, 9.17) is 10.5 Å². The number of aromatic nitrogens is 3. The predicted molar refractivity (Wildman–Crippen MR) is 120 cm³/mol. The summed E-state index contributed by atoms with van der Waals surface area (Å²) in [5.74, 6) is 0.189. The van der Waals surface area contributed by atoms with E-state index >= 15 is 0 Å². The zero-order valence-corrected chi connectivity index (χ0v) is 16.9. The summed E-state index contributed by atoms with van der Waals surface area (Å²) in [4.78, 5) is 22.9. The van der Waals surface area contributed by atoms with Gasteiger partial charge in [0, 0.05) is 48.0 Å². The Morgan fingerprint density at radius 3 is 2.65 bits per heavy atom. The highest BCUT2D eigenvalue weighted by atomic mass is 16.5. The van der Waals surface area contributed by atoms with Crippen LogP contribution in [0.4, 0.5) is 17.2 Å². The van der Waals surface area contributed by atoms with Crippen molar-refractivity contribution in [3.05, 3.63) is 72.7 Å². The maximum atomic E-state index is 11.5. The molecular formula is C23H22N6O2. The number of morpholine rings is 1. The number of carbonyl (C=O) groups is 1. The van der Waals surface area contributed by atoms with E-state index in [9.17, 15) is 4.79 Å². The van der Waals surface area contributed by atoms with Gasteiger partial charge in [0.25, 0.3) is 0 Å². The highest BCUT2D eigenvalue weighted by Crippen LogP contribution is 2.27. The van der Waals surface area contributed by atoms with Gasteiger partial charge in [-0.25, -0.2) is 9.97 Å². The van der Waals surface area contributed by atoms with Gasteiger partial charge in [-0.1, -0.05) is 12.1 Å². The first-order valence-corrected chi connectivity index (χ1v) is 10.1. The number of imidazole rings is 1. The van der Waals surface area contributed by atoms with E-state index in [-0.39, 0.29) is 0 Å². The molecule has 8 nitrogen and oxygen atoms in total. The topological polar surface area (TPSA) is 97.8 Å². The Kier molecular flexibility index (Phi) is 4.97. The first-order valence-electron chi connectivity index (χ1n) is 10.1. The average molecular weight is 414 g/mol. The number of hydrogen-bond acceptors (Lipinski definition) is 6. The van der Waals surface area contributed by atoms with Crippen molar-refractivity contribution in [1.82, 2.24) is 14.4 Å². The van der Waals surface area contributed by atoms with Crippen LogP contribution in [0.5, 0.6) is 0 Å². The predicted octanol–water partition coefficient (Wildman–Crippen LogP) is 3.08. The number of amides is 1. The Bertz CT molecular complexity index is 1230. The second kappa shape index (κ2) is 8.08. The number of fused-ring (bicyclic) bond motifs is 1. The molecule has 4 aromatic rings. The fourth-order valence-electron chi connectivity index (χ4n) is 3.77. The van der Waals surface area contributed by atoms with Crippen molar-refractivity contribution in [2.75, 3.05) is 36.5 Å². The zero-order chi connectivity index (χ0) is 21.2. The lowest BCUT2D eigenvalue weighted by Gasteiger charge is -2.28. The minimum Gasteiger partial charge on any atom is -0.378 e. The first kappa shape index (κ1) is 19.1. The van der Waals surface area contributed by atoms with Gasteiger partial charge in [0.15, 0.2) is 11.5 Å². The van der Waals surface area contributed by atoms with Crippen LogP contribution in [-0.4, -0.2) is 46.6 Å². The molecule has 3 N–H and O–H groups in total. The van der Waals surface area contributed by atoms with E-state index in [1.54, 1.807) is 30.6 Å². The second-order valence-electron chi connectivity index (χ2n) is 7.33. The normalized spacial score (nSPS) is 14.0. The number of nitrogens with zero attached hydrogens (tertiary/aromatic N) is 4. The summed E-state index contributed by atoms with van der Waals surface area (Å²) in [5, 5.41) is 3.36. The Morgan fingerprint density at radius 2 is 1.87 bits per heavy atom. The third-order valence-corrected chi connectivity index (χ3v) is 5.38. The average Bonchev–Trinajstić information content (AvgIpc) is 3.31. The van der Waals surface area contributed by atoms with Crippen molar-refractivity contribution < 1.29 is 9.53 Å². The number of carbonyl (C=O) groups excluding carboxylic acids is 1. The molecule has 1 fully saturated rings. The fourth-order valence-corrected chi connectivity index (χ4v) is 3.77. The molecule has 0 atom stereocenters. The molecule has 8 heteroatoms. The van der Waals surface area contributed by atoms with Gasteiger partial charge >= 0.3 is 0 Å². The van der Waals surface area contributed by atoms with Crippen LogP contribution in [0.25, 0.3) is 16.9 Å². The van der Waals surface area contributed by atoms with Crippen molar-refractivity contribution >= 4 is 28.7 Å². The van der Waals surface area contributed by atoms with Crippen molar-refractivity contribution in [2.24, 2.45) is 5.73 Å². The van der Waals surface area contributed by atoms with Crippen molar-refractivity contribution in [3.63, 3.8) is 0 Å².